The third-order valence-corrected chi connectivity index (χ3v) is 10.8. The monoisotopic (exact) mass is 667 g/mol. The van der Waals surface area contributed by atoms with Crippen LogP contribution in [0.5, 0.6) is 0 Å². The lowest BCUT2D eigenvalue weighted by Gasteiger charge is -2.30. The Morgan fingerprint density at radius 2 is 1.79 bits per heavy atom. The van der Waals surface area contributed by atoms with Crippen molar-refractivity contribution in [1.29, 1.82) is 0 Å². The number of ether oxygens (including phenoxy) is 2. The van der Waals surface area contributed by atoms with Crippen LogP contribution >= 0.6 is 11.6 Å². The molecule has 4 heterocycles. The number of anilines is 1. The first-order chi connectivity index (χ1) is 22.7. The average molecular weight is 668 g/mol. The second-order valence-electron chi connectivity index (χ2n) is 13.4. The summed E-state index contributed by atoms with van der Waals surface area (Å²) in [4.78, 5) is 42.5. The van der Waals surface area contributed by atoms with E-state index in [0.29, 0.717) is 67.2 Å². The molecule has 47 heavy (non-hydrogen) atoms. The van der Waals surface area contributed by atoms with Gasteiger partial charge >= 0.3 is 5.97 Å². The molecule has 4 atom stereocenters. The maximum atomic E-state index is 15.5. The lowest BCUT2D eigenvalue weighted by Crippen LogP contribution is -2.41. The van der Waals surface area contributed by atoms with Gasteiger partial charge in [-0.2, -0.15) is 0 Å². The summed E-state index contributed by atoms with van der Waals surface area (Å²) in [5.41, 5.74) is 1.11. The number of hydrogen-bond acceptors (Lipinski definition) is 7. The average Bonchev–Trinajstić information content (AvgIpc) is 3.85. The normalized spacial score (nSPS) is 27.7. The zero-order chi connectivity index (χ0) is 32.7. The lowest BCUT2D eigenvalue weighted by atomic mass is 9.87. The molecule has 4 aliphatic rings. The van der Waals surface area contributed by atoms with Crippen molar-refractivity contribution in [2.24, 2.45) is 17.8 Å². The van der Waals surface area contributed by atoms with Gasteiger partial charge in [-0.05, 0) is 55.9 Å². The molecule has 1 aliphatic carbocycles. The van der Waals surface area contributed by atoms with Crippen LogP contribution in [0.25, 0.3) is 11.0 Å². The Labute approximate surface area is 277 Å². The number of fused-ring (bicyclic) bond motifs is 2. The third kappa shape index (κ3) is 6.76. The Morgan fingerprint density at radius 3 is 2.53 bits per heavy atom. The minimum Gasteiger partial charge on any atom is -0.481 e. The van der Waals surface area contributed by atoms with Gasteiger partial charge in [0.1, 0.15) is 17.7 Å². The van der Waals surface area contributed by atoms with E-state index < -0.39 is 17.7 Å². The summed E-state index contributed by atoms with van der Waals surface area (Å²) < 4.78 is 32.9. The Hall–Kier alpha value is -3.51. The molecule has 0 bridgehead atoms. The van der Waals surface area contributed by atoms with Crippen molar-refractivity contribution in [3.63, 3.8) is 0 Å². The number of carboxylic acids is 1. The second-order valence-corrected chi connectivity index (χ2v) is 13.9. The number of benzene rings is 2. The molecule has 3 aromatic rings. The van der Waals surface area contributed by atoms with Crippen molar-refractivity contribution in [2.75, 3.05) is 44.8 Å². The molecule has 10 nitrogen and oxygen atoms in total. The molecule has 7 rings (SSSR count). The molecular formula is C35H39ClFN3O7. The van der Waals surface area contributed by atoms with E-state index in [1.165, 1.54) is 12.3 Å². The highest BCUT2D eigenvalue weighted by Crippen LogP contribution is 2.35. The van der Waals surface area contributed by atoms with Gasteiger partial charge in [-0.15, -0.1) is 0 Å². The SMILES string of the molecule is O=C(Nc1cc(F)c(CC(=O)N2C[C@@H](N3C[C@H]4COC[C@H]4C3)C[C@H]2CO[C@H]2CC[C@H](C(=O)O)CC2)cc1Cl)c1coc2ccccc12. The number of nitrogens with one attached hydrogen (secondary N) is 1. The Morgan fingerprint density at radius 1 is 1.04 bits per heavy atom. The van der Waals surface area contributed by atoms with Crippen molar-refractivity contribution < 1.29 is 37.8 Å². The van der Waals surface area contributed by atoms with Crippen LogP contribution in [0.15, 0.2) is 47.1 Å². The fraction of sp³-hybridized carbons (Fsp3) is 0.514. The molecule has 3 saturated heterocycles. The van der Waals surface area contributed by atoms with Crippen LogP contribution in [0.3, 0.4) is 0 Å². The zero-order valence-electron chi connectivity index (χ0n) is 26.0. The van der Waals surface area contributed by atoms with Crippen LogP contribution < -0.4 is 5.32 Å². The van der Waals surface area contributed by atoms with Gasteiger partial charge in [0.15, 0.2) is 0 Å². The fourth-order valence-corrected chi connectivity index (χ4v) is 8.03. The van der Waals surface area contributed by atoms with Crippen LogP contribution in [-0.2, 0) is 25.5 Å². The van der Waals surface area contributed by atoms with Crippen molar-refractivity contribution in [3.8, 4) is 0 Å². The summed E-state index contributed by atoms with van der Waals surface area (Å²) in [6.07, 6.45) is 4.42. The Bertz CT molecular complexity index is 1650. The van der Waals surface area contributed by atoms with Crippen molar-refractivity contribution in [3.05, 3.63) is 64.6 Å². The molecule has 250 valence electrons. The molecule has 0 spiro atoms. The predicted molar refractivity (Wildman–Crippen MR) is 172 cm³/mol. The van der Waals surface area contributed by atoms with Crippen molar-refractivity contribution >= 4 is 46.0 Å². The molecule has 2 aromatic carbocycles. The summed E-state index contributed by atoms with van der Waals surface area (Å²) in [6.45, 7) is 4.31. The Kier molecular flexibility index (Phi) is 9.24. The fourth-order valence-electron chi connectivity index (χ4n) is 7.79. The number of amides is 2. The number of carbonyl (C=O) groups excluding carboxylic acids is 2. The molecule has 4 fully saturated rings. The number of likely N-dealkylation sites (tertiary alicyclic amines) is 2. The quantitative estimate of drug-likeness (QED) is 0.318. The van der Waals surface area contributed by atoms with Gasteiger partial charge in [0.2, 0.25) is 5.91 Å². The molecule has 0 radical (unpaired) electrons. The molecule has 3 aliphatic heterocycles. The maximum Gasteiger partial charge on any atom is 0.306 e. The van der Waals surface area contributed by atoms with E-state index in [0.717, 1.165) is 38.8 Å². The third-order valence-electron chi connectivity index (χ3n) is 10.5. The highest BCUT2D eigenvalue weighted by atomic mass is 35.5. The molecular weight excluding hydrogens is 629 g/mol. The number of halogens is 2. The largest absolute Gasteiger partial charge is 0.481 e. The number of aliphatic carboxylic acids is 1. The van der Waals surface area contributed by atoms with Gasteiger partial charge in [-0.3, -0.25) is 19.3 Å². The van der Waals surface area contributed by atoms with Gasteiger partial charge in [0, 0.05) is 42.9 Å². The number of para-hydroxylation sites is 1. The standard InChI is InChI=1S/C35H39ClFN3O7/c36-29-9-21(30(37)12-31(29)38-34(42)28-19-47-32-4-2-1-3-27(28)32)10-33(41)40-15-24(39-13-22-16-45-17-23(22)14-39)11-25(40)18-46-26-7-5-20(6-8-26)35(43)44/h1-4,9,12,19-20,22-26H,5-8,10-11,13-18H2,(H,38,42)(H,43,44)/t20-,22-,23+,24-,25-,26-/m0/s1. The van der Waals surface area contributed by atoms with Crippen LogP contribution in [-0.4, -0.2) is 90.3 Å². The number of hydrogen-bond donors (Lipinski definition) is 2. The van der Waals surface area contributed by atoms with E-state index in [2.05, 4.69) is 10.2 Å². The van der Waals surface area contributed by atoms with Crippen molar-refractivity contribution in [2.45, 2.75) is 56.7 Å². The summed E-state index contributed by atoms with van der Waals surface area (Å²) in [5, 5.41) is 12.8. The molecule has 1 saturated carbocycles. The zero-order valence-corrected chi connectivity index (χ0v) is 26.8. The minimum absolute atomic E-state index is 0.0380. The summed E-state index contributed by atoms with van der Waals surface area (Å²) >= 11 is 6.51. The van der Waals surface area contributed by atoms with E-state index in [-0.39, 0.29) is 52.7 Å². The number of carbonyl (C=O) groups is 3. The van der Waals surface area contributed by atoms with Gasteiger partial charge in [0.25, 0.3) is 5.91 Å². The summed E-state index contributed by atoms with van der Waals surface area (Å²) in [7, 11) is 0. The van der Waals surface area contributed by atoms with E-state index in [9.17, 15) is 19.5 Å². The van der Waals surface area contributed by atoms with Crippen LogP contribution in [0.4, 0.5) is 10.1 Å². The highest BCUT2D eigenvalue weighted by molar-refractivity contribution is 6.34. The second kappa shape index (κ2) is 13.5. The molecule has 1 aromatic heterocycles. The van der Waals surface area contributed by atoms with Crippen LogP contribution in [0.2, 0.25) is 5.02 Å². The number of nitrogens with zero attached hydrogens (tertiary/aromatic N) is 2. The lowest BCUT2D eigenvalue weighted by molar-refractivity contribution is -0.144. The molecule has 2 amide bonds. The van der Waals surface area contributed by atoms with Gasteiger partial charge in [-0.25, -0.2) is 4.39 Å². The van der Waals surface area contributed by atoms with Crippen molar-refractivity contribution in [1.82, 2.24) is 9.80 Å². The molecule has 2 N–H and O–H groups in total. The van der Waals surface area contributed by atoms with Crippen LogP contribution in [0, 0.1) is 23.6 Å². The number of carboxylic acid groups (broad SMARTS) is 1. The van der Waals surface area contributed by atoms with Gasteiger partial charge < -0.3 is 29.2 Å². The smallest absolute Gasteiger partial charge is 0.306 e. The molecule has 12 heteroatoms. The summed E-state index contributed by atoms with van der Waals surface area (Å²) in [5.74, 6) is -1.39. The first kappa shape index (κ1) is 32.1. The number of furan rings is 1. The highest BCUT2D eigenvalue weighted by Gasteiger charge is 2.45. The first-order valence-electron chi connectivity index (χ1n) is 16.4. The minimum atomic E-state index is -0.756. The van der Waals surface area contributed by atoms with Crippen LogP contribution in [0.1, 0.15) is 48.0 Å². The molecule has 0 unspecified atom stereocenters. The summed E-state index contributed by atoms with van der Waals surface area (Å²) in [6, 6.07) is 9.66. The first-order valence-corrected chi connectivity index (χ1v) is 16.8. The van der Waals surface area contributed by atoms with Gasteiger partial charge in [-0.1, -0.05) is 29.8 Å². The van der Waals surface area contributed by atoms with E-state index in [1.807, 2.05) is 4.90 Å². The van der Waals surface area contributed by atoms with E-state index >= 15 is 4.39 Å². The Balaban J connectivity index is 1.02. The maximum absolute atomic E-state index is 15.5. The predicted octanol–water partition coefficient (Wildman–Crippen LogP) is 5.23. The van der Waals surface area contributed by atoms with Gasteiger partial charge in [0.05, 0.1) is 60.6 Å². The number of rotatable bonds is 9. The van der Waals surface area contributed by atoms with E-state index in [1.54, 1.807) is 24.3 Å². The topological polar surface area (TPSA) is 122 Å². The van der Waals surface area contributed by atoms with E-state index in [4.69, 9.17) is 25.5 Å².